The monoisotopic (exact) mass is 495 g/mol. The fourth-order valence-corrected chi connectivity index (χ4v) is 4.84. The van der Waals surface area contributed by atoms with E-state index in [9.17, 15) is 14.7 Å². The summed E-state index contributed by atoms with van der Waals surface area (Å²) in [5.74, 6) is -0.00546. The Morgan fingerprint density at radius 3 is 2.09 bits per heavy atom. The smallest absolute Gasteiger partial charge is 0.346 e. The molecule has 2 aromatic carbocycles. The van der Waals surface area contributed by atoms with Gasteiger partial charge in [-0.1, -0.05) is 57.2 Å². The Bertz CT molecular complexity index is 1200. The zero-order chi connectivity index (χ0) is 25.8. The van der Waals surface area contributed by atoms with Crippen molar-refractivity contribution in [2.45, 2.75) is 89.0 Å². The standard InChI is InChI=1S/C28H37N3O3S/c1-7-30-24(10-8-9-20-13-17-23(18-14-20)35-28(5,6)25(32)33)29-31(26(30)34)19-21-11-15-22(16-12-21)27(2,3)4/h11-18H,7-10,19H2,1-6H3,(H,32,33). The van der Waals surface area contributed by atoms with E-state index in [1.165, 1.54) is 22.9 Å². The van der Waals surface area contributed by atoms with Gasteiger partial charge in [0.15, 0.2) is 0 Å². The van der Waals surface area contributed by atoms with Gasteiger partial charge in [0.25, 0.3) is 0 Å². The Morgan fingerprint density at radius 1 is 0.943 bits per heavy atom. The molecule has 0 unspecified atom stereocenters. The zero-order valence-electron chi connectivity index (χ0n) is 21.7. The fraction of sp³-hybridized carbons (Fsp3) is 0.464. The minimum Gasteiger partial charge on any atom is -0.480 e. The van der Waals surface area contributed by atoms with Gasteiger partial charge in [-0.25, -0.2) is 9.48 Å². The molecular weight excluding hydrogens is 458 g/mol. The number of carboxylic acids is 1. The third kappa shape index (κ3) is 6.88. The summed E-state index contributed by atoms with van der Waals surface area (Å²) in [6.07, 6.45) is 2.47. The summed E-state index contributed by atoms with van der Waals surface area (Å²) in [7, 11) is 0. The number of aryl methyl sites for hydroxylation is 2. The van der Waals surface area contributed by atoms with Crippen LogP contribution in [0.3, 0.4) is 0 Å². The van der Waals surface area contributed by atoms with Crippen molar-refractivity contribution in [2.75, 3.05) is 0 Å². The van der Waals surface area contributed by atoms with Crippen LogP contribution >= 0.6 is 11.8 Å². The van der Waals surface area contributed by atoms with Gasteiger partial charge in [0.1, 0.15) is 10.6 Å². The molecule has 35 heavy (non-hydrogen) atoms. The Hall–Kier alpha value is -2.80. The molecule has 0 fully saturated rings. The number of nitrogens with zero attached hydrogens (tertiary/aromatic N) is 3. The SMILES string of the molecule is CCn1c(CCCc2ccc(SC(C)(C)C(=O)O)cc2)nn(Cc2ccc(C(C)(C)C)cc2)c1=O. The highest BCUT2D eigenvalue weighted by Gasteiger charge is 2.28. The number of carboxylic acid groups (broad SMARTS) is 1. The van der Waals surface area contributed by atoms with E-state index in [2.05, 4.69) is 50.1 Å². The van der Waals surface area contributed by atoms with Crippen LogP contribution in [0.25, 0.3) is 0 Å². The van der Waals surface area contributed by atoms with Crippen LogP contribution in [0, 0.1) is 0 Å². The first-order valence-electron chi connectivity index (χ1n) is 12.2. The molecular formula is C28H37N3O3S. The second-order valence-corrected chi connectivity index (χ2v) is 12.2. The minimum absolute atomic E-state index is 0.0650. The van der Waals surface area contributed by atoms with Crippen molar-refractivity contribution in [1.29, 1.82) is 0 Å². The molecule has 1 N–H and O–H groups in total. The Labute approximate surface area is 212 Å². The van der Waals surface area contributed by atoms with Crippen molar-refractivity contribution < 1.29 is 9.90 Å². The molecule has 0 aliphatic heterocycles. The summed E-state index contributed by atoms with van der Waals surface area (Å²) in [5.41, 5.74) is 3.55. The van der Waals surface area contributed by atoms with Gasteiger partial charge in [-0.3, -0.25) is 9.36 Å². The molecule has 0 radical (unpaired) electrons. The van der Waals surface area contributed by atoms with E-state index >= 15 is 0 Å². The van der Waals surface area contributed by atoms with Crippen LogP contribution in [0.2, 0.25) is 0 Å². The molecule has 1 aromatic heterocycles. The average molecular weight is 496 g/mol. The molecule has 0 bridgehead atoms. The van der Waals surface area contributed by atoms with Gasteiger partial charge in [0.2, 0.25) is 0 Å². The zero-order valence-corrected chi connectivity index (χ0v) is 22.5. The number of aromatic nitrogens is 3. The molecule has 0 aliphatic rings. The van der Waals surface area contributed by atoms with Crippen LogP contribution in [0.5, 0.6) is 0 Å². The molecule has 3 rings (SSSR count). The molecule has 1 heterocycles. The van der Waals surface area contributed by atoms with Gasteiger partial charge in [0, 0.05) is 17.9 Å². The Morgan fingerprint density at radius 2 is 1.54 bits per heavy atom. The second-order valence-electron chi connectivity index (χ2n) is 10.5. The normalized spacial score (nSPS) is 12.2. The lowest BCUT2D eigenvalue weighted by Crippen LogP contribution is -2.26. The number of carbonyl (C=O) groups is 1. The lowest BCUT2D eigenvalue weighted by Gasteiger charge is -2.19. The average Bonchev–Trinajstić information content (AvgIpc) is 3.08. The molecule has 0 atom stereocenters. The maximum absolute atomic E-state index is 12.9. The summed E-state index contributed by atoms with van der Waals surface area (Å²) in [4.78, 5) is 25.2. The highest BCUT2D eigenvalue weighted by Crippen LogP contribution is 2.32. The number of aliphatic carboxylic acids is 1. The molecule has 7 heteroatoms. The Kier molecular flexibility index (Phi) is 8.31. The van der Waals surface area contributed by atoms with Gasteiger partial charge < -0.3 is 5.11 Å². The van der Waals surface area contributed by atoms with Crippen molar-refractivity contribution >= 4 is 17.7 Å². The minimum atomic E-state index is -0.862. The summed E-state index contributed by atoms with van der Waals surface area (Å²) in [6, 6.07) is 16.5. The molecule has 6 nitrogen and oxygen atoms in total. The molecule has 3 aromatic rings. The van der Waals surface area contributed by atoms with Gasteiger partial charge >= 0.3 is 11.7 Å². The molecule has 188 valence electrons. The van der Waals surface area contributed by atoms with E-state index in [1.807, 2.05) is 31.2 Å². The van der Waals surface area contributed by atoms with Crippen molar-refractivity contribution in [3.8, 4) is 0 Å². The van der Waals surface area contributed by atoms with Crippen LogP contribution in [-0.4, -0.2) is 30.2 Å². The fourth-order valence-electron chi connectivity index (χ4n) is 3.89. The van der Waals surface area contributed by atoms with Gasteiger partial charge in [-0.05, 0) is 67.9 Å². The number of rotatable bonds is 10. The van der Waals surface area contributed by atoms with Crippen molar-refractivity contribution in [3.63, 3.8) is 0 Å². The topological polar surface area (TPSA) is 77.1 Å². The maximum atomic E-state index is 12.9. The summed E-state index contributed by atoms with van der Waals surface area (Å²) >= 11 is 1.34. The van der Waals surface area contributed by atoms with Crippen LogP contribution in [0.4, 0.5) is 0 Å². The third-order valence-corrected chi connectivity index (χ3v) is 7.34. The van der Waals surface area contributed by atoms with Crippen molar-refractivity contribution in [2.24, 2.45) is 0 Å². The number of thioether (sulfide) groups is 1. The maximum Gasteiger partial charge on any atom is 0.346 e. The van der Waals surface area contributed by atoms with E-state index in [0.29, 0.717) is 13.1 Å². The highest BCUT2D eigenvalue weighted by molar-refractivity contribution is 8.01. The predicted molar refractivity (Wildman–Crippen MR) is 142 cm³/mol. The molecule has 0 amide bonds. The predicted octanol–water partition coefficient (Wildman–Crippen LogP) is 5.54. The van der Waals surface area contributed by atoms with E-state index in [1.54, 1.807) is 23.1 Å². The first-order chi connectivity index (χ1) is 16.4. The molecule has 0 aliphatic carbocycles. The summed E-state index contributed by atoms with van der Waals surface area (Å²) < 4.78 is 2.47. The van der Waals surface area contributed by atoms with Gasteiger partial charge in [0.05, 0.1) is 6.54 Å². The lowest BCUT2D eigenvalue weighted by molar-refractivity contribution is -0.138. The van der Waals surface area contributed by atoms with Gasteiger partial charge in [-0.2, -0.15) is 5.10 Å². The summed E-state index contributed by atoms with van der Waals surface area (Å²) in [6.45, 7) is 13.0. The van der Waals surface area contributed by atoms with E-state index < -0.39 is 10.7 Å². The number of hydrogen-bond acceptors (Lipinski definition) is 4. The quantitative estimate of drug-likeness (QED) is 0.374. The van der Waals surface area contributed by atoms with E-state index in [4.69, 9.17) is 0 Å². The number of hydrogen-bond donors (Lipinski definition) is 1. The molecule has 0 saturated heterocycles. The van der Waals surface area contributed by atoms with Gasteiger partial charge in [-0.15, -0.1) is 11.8 Å². The van der Waals surface area contributed by atoms with Crippen LogP contribution in [0.15, 0.2) is 58.2 Å². The van der Waals surface area contributed by atoms with Crippen LogP contribution in [-0.2, 0) is 36.1 Å². The summed E-state index contributed by atoms with van der Waals surface area (Å²) in [5, 5.41) is 14.0. The van der Waals surface area contributed by atoms with Crippen LogP contribution in [0.1, 0.15) is 70.5 Å². The number of benzene rings is 2. The van der Waals surface area contributed by atoms with Crippen molar-refractivity contribution in [3.05, 3.63) is 81.5 Å². The Balaban J connectivity index is 1.62. The van der Waals surface area contributed by atoms with Crippen LogP contribution < -0.4 is 5.69 Å². The second kappa shape index (κ2) is 10.9. The third-order valence-electron chi connectivity index (χ3n) is 6.15. The van der Waals surface area contributed by atoms with Crippen molar-refractivity contribution in [1.82, 2.24) is 14.3 Å². The largest absolute Gasteiger partial charge is 0.480 e. The van der Waals surface area contributed by atoms with E-state index in [-0.39, 0.29) is 11.1 Å². The molecule has 0 spiro atoms. The first-order valence-corrected chi connectivity index (χ1v) is 13.0. The van der Waals surface area contributed by atoms with E-state index in [0.717, 1.165) is 35.5 Å². The molecule has 0 saturated carbocycles. The first kappa shape index (κ1) is 26.8. The lowest BCUT2D eigenvalue weighted by atomic mass is 9.87. The highest BCUT2D eigenvalue weighted by atomic mass is 32.2.